The van der Waals surface area contributed by atoms with Crippen LogP contribution < -0.4 is 5.32 Å². The van der Waals surface area contributed by atoms with E-state index in [1.54, 1.807) is 0 Å². The maximum Gasteiger partial charge on any atom is 0.131 e. The van der Waals surface area contributed by atoms with E-state index in [4.69, 9.17) is 4.74 Å². The Kier molecular flexibility index (Phi) is 1.42. The third-order valence-corrected chi connectivity index (χ3v) is 2.48. The van der Waals surface area contributed by atoms with Gasteiger partial charge in [-0.2, -0.15) is 0 Å². The largest absolute Gasteiger partial charge is 0.370 e. The van der Waals surface area contributed by atoms with Gasteiger partial charge < -0.3 is 10.1 Å². The molecule has 0 bridgehead atoms. The van der Waals surface area contributed by atoms with E-state index in [0.29, 0.717) is 13.0 Å². The number of ether oxygens (including phenoxy) is 1. The summed E-state index contributed by atoms with van der Waals surface area (Å²) in [6.07, 6.45) is 0.767. The Morgan fingerprint density at radius 2 is 2.40 bits per heavy atom. The standard InChI is InChI=1S/C7H12FNO/c8-6-1-3-9-5-7(6)2-4-10-7/h6,9H,1-5H2. The van der Waals surface area contributed by atoms with Crippen molar-refractivity contribution in [3.8, 4) is 0 Å². The van der Waals surface area contributed by atoms with Gasteiger partial charge in [0, 0.05) is 13.0 Å². The second-order valence-corrected chi connectivity index (χ2v) is 3.10. The van der Waals surface area contributed by atoms with Gasteiger partial charge in [0.1, 0.15) is 11.8 Å². The molecule has 0 amide bonds. The molecule has 0 aliphatic carbocycles. The Labute approximate surface area is 59.7 Å². The van der Waals surface area contributed by atoms with Crippen LogP contribution in [0.15, 0.2) is 0 Å². The van der Waals surface area contributed by atoms with E-state index in [2.05, 4.69) is 5.32 Å². The molecule has 2 saturated heterocycles. The molecule has 2 aliphatic heterocycles. The van der Waals surface area contributed by atoms with Crippen LogP contribution >= 0.6 is 0 Å². The first-order valence-electron chi connectivity index (χ1n) is 3.82. The van der Waals surface area contributed by atoms with Crippen molar-refractivity contribution in [3.05, 3.63) is 0 Å². The molecule has 2 heterocycles. The van der Waals surface area contributed by atoms with E-state index >= 15 is 0 Å². The van der Waals surface area contributed by atoms with Crippen LogP contribution in [0.1, 0.15) is 12.8 Å². The average Bonchev–Trinajstić information content (AvgIpc) is 1.85. The van der Waals surface area contributed by atoms with Crippen molar-refractivity contribution in [2.75, 3.05) is 19.7 Å². The molecular formula is C7H12FNO. The van der Waals surface area contributed by atoms with Gasteiger partial charge in [0.15, 0.2) is 0 Å². The van der Waals surface area contributed by atoms with Crippen LogP contribution in [0.5, 0.6) is 0 Å². The molecule has 10 heavy (non-hydrogen) atoms. The minimum atomic E-state index is -0.734. The number of halogens is 1. The molecule has 0 aromatic rings. The third kappa shape index (κ3) is 0.772. The molecule has 2 aliphatic rings. The van der Waals surface area contributed by atoms with Crippen LogP contribution in [-0.4, -0.2) is 31.5 Å². The first kappa shape index (κ1) is 6.55. The molecule has 1 spiro atoms. The Hall–Kier alpha value is -0.150. The topological polar surface area (TPSA) is 21.3 Å². The summed E-state index contributed by atoms with van der Waals surface area (Å²) in [5.41, 5.74) is -0.418. The van der Waals surface area contributed by atoms with Gasteiger partial charge in [-0.05, 0) is 13.0 Å². The van der Waals surface area contributed by atoms with E-state index in [9.17, 15) is 4.39 Å². The van der Waals surface area contributed by atoms with Crippen molar-refractivity contribution < 1.29 is 9.13 Å². The highest BCUT2D eigenvalue weighted by atomic mass is 19.1. The summed E-state index contributed by atoms with van der Waals surface area (Å²) in [4.78, 5) is 0. The van der Waals surface area contributed by atoms with E-state index < -0.39 is 11.8 Å². The van der Waals surface area contributed by atoms with Gasteiger partial charge in [0.2, 0.25) is 0 Å². The zero-order valence-electron chi connectivity index (χ0n) is 5.90. The number of rotatable bonds is 0. The first-order chi connectivity index (χ1) is 4.83. The van der Waals surface area contributed by atoms with E-state index in [0.717, 1.165) is 19.6 Å². The summed E-state index contributed by atoms with van der Waals surface area (Å²) in [5.74, 6) is 0. The molecular weight excluding hydrogens is 133 g/mol. The first-order valence-corrected chi connectivity index (χ1v) is 3.82. The lowest BCUT2D eigenvalue weighted by Gasteiger charge is -2.46. The molecule has 2 unspecified atom stereocenters. The number of nitrogens with one attached hydrogen (secondary N) is 1. The summed E-state index contributed by atoms with van der Waals surface area (Å²) in [6.45, 7) is 2.24. The number of piperidine rings is 1. The summed E-state index contributed by atoms with van der Waals surface area (Å²) in [7, 11) is 0. The van der Waals surface area contributed by atoms with E-state index in [1.165, 1.54) is 0 Å². The number of hydrogen-bond donors (Lipinski definition) is 1. The van der Waals surface area contributed by atoms with Crippen molar-refractivity contribution in [2.45, 2.75) is 24.6 Å². The molecule has 0 aromatic carbocycles. The summed E-state index contributed by atoms with van der Waals surface area (Å²) < 4.78 is 18.4. The van der Waals surface area contributed by atoms with Crippen molar-refractivity contribution in [1.82, 2.24) is 5.32 Å². The predicted molar refractivity (Wildman–Crippen MR) is 35.7 cm³/mol. The van der Waals surface area contributed by atoms with Crippen LogP contribution in [0.25, 0.3) is 0 Å². The number of alkyl halides is 1. The zero-order chi connectivity index (χ0) is 7.03. The second kappa shape index (κ2) is 2.17. The second-order valence-electron chi connectivity index (χ2n) is 3.10. The maximum atomic E-state index is 13.1. The molecule has 0 saturated carbocycles. The molecule has 58 valence electrons. The minimum Gasteiger partial charge on any atom is -0.370 e. The van der Waals surface area contributed by atoms with Gasteiger partial charge >= 0.3 is 0 Å². The van der Waals surface area contributed by atoms with Gasteiger partial charge in [0.05, 0.1) is 6.61 Å². The van der Waals surface area contributed by atoms with Crippen LogP contribution in [0.3, 0.4) is 0 Å². The molecule has 3 heteroatoms. The zero-order valence-corrected chi connectivity index (χ0v) is 5.90. The van der Waals surface area contributed by atoms with Crippen LogP contribution in [-0.2, 0) is 4.74 Å². The van der Waals surface area contributed by atoms with Crippen molar-refractivity contribution >= 4 is 0 Å². The Morgan fingerprint density at radius 1 is 1.60 bits per heavy atom. The molecule has 2 atom stereocenters. The normalized spacial score (nSPS) is 47.1. The number of hydrogen-bond acceptors (Lipinski definition) is 2. The van der Waals surface area contributed by atoms with E-state index in [-0.39, 0.29) is 0 Å². The lowest BCUT2D eigenvalue weighted by molar-refractivity contribution is -0.191. The van der Waals surface area contributed by atoms with Crippen molar-refractivity contribution in [3.63, 3.8) is 0 Å². The lowest BCUT2D eigenvalue weighted by atomic mass is 9.85. The van der Waals surface area contributed by atoms with E-state index in [1.807, 2.05) is 0 Å². The molecule has 2 nitrogen and oxygen atoms in total. The molecule has 0 aromatic heterocycles. The predicted octanol–water partition coefficient (Wildman–Crippen LogP) is 0.477. The van der Waals surface area contributed by atoms with Crippen molar-refractivity contribution in [2.24, 2.45) is 0 Å². The highest BCUT2D eigenvalue weighted by Crippen LogP contribution is 2.34. The Balaban J connectivity index is 2.03. The average molecular weight is 145 g/mol. The third-order valence-electron chi connectivity index (χ3n) is 2.48. The maximum absolute atomic E-state index is 13.1. The Morgan fingerprint density at radius 3 is 2.80 bits per heavy atom. The molecule has 1 N–H and O–H groups in total. The van der Waals surface area contributed by atoms with Crippen LogP contribution in [0.2, 0.25) is 0 Å². The summed E-state index contributed by atoms with van der Waals surface area (Å²) in [6, 6.07) is 0. The fourth-order valence-electron chi connectivity index (χ4n) is 1.65. The fraction of sp³-hybridized carbons (Fsp3) is 1.00. The molecule has 0 radical (unpaired) electrons. The monoisotopic (exact) mass is 145 g/mol. The molecule has 2 fully saturated rings. The van der Waals surface area contributed by atoms with Crippen LogP contribution in [0.4, 0.5) is 4.39 Å². The summed E-state index contributed by atoms with van der Waals surface area (Å²) >= 11 is 0. The van der Waals surface area contributed by atoms with Crippen LogP contribution in [0, 0.1) is 0 Å². The lowest BCUT2D eigenvalue weighted by Crippen LogP contribution is -2.61. The SMILES string of the molecule is FC1CCNCC12CCO2. The van der Waals surface area contributed by atoms with Gasteiger partial charge in [0.25, 0.3) is 0 Å². The summed E-state index contributed by atoms with van der Waals surface area (Å²) in [5, 5.41) is 3.14. The van der Waals surface area contributed by atoms with Crippen molar-refractivity contribution in [1.29, 1.82) is 0 Å². The molecule has 2 rings (SSSR count). The van der Waals surface area contributed by atoms with Gasteiger partial charge in [-0.1, -0.05) is 0 Å². The fourth-order valence-corrected chi connectivity index (χ4v) is 1.65. The van der Waals surface area contributed by atoms with Gasteiger partial charge in [-0.3, -0.25) is 0 Å². The Bertz CT molecular complexity index is 136. The highest BCUT2D eigenvalue weighted by molar-refractivity contribution is 4.99. The minimum absolute atomic E-state index is 0.418. The van der Waals surface area contributed by atoms with Gasteiger partial charge in [-0.15, -0.1) is 0 Å². The highest BCUT2D eigenvalue weighted by Gasteiger charge is 2.47. The quantitative estimate of drug-likeness (QED) is 0.535. The smallest absolute Gasteiger partial charge is 0.131 e. The van der Waals surface area contributed by atoms with Gasteiger partial charge in [-0.25, -0.2) is 4.39 Å².